The van der Waals surface area contributed by atoms with Gasteiger partial charge in [-0.25, -0.2) is 0 Å². The Morgan fingerprint density at radius 2 is 1.79 bits per heavy atom. The zero-order chi connectivity index (χ0) is 23.0. The molecule has 0 spiro atoms. The third kappa shape index (κ3) is 6.27. The van der Waals surface area contributed by atoms with Gasteiger partial charge in [0.05, 0.1) is 16.5 Å². The van der Waals surface area contributed by atoms with Crippen molar-refractivity contribution in [2.24, 2.45) is 0 Å². The van der Waals surface area contributed by atoms with E-state index < -0.39 is 6.10 Å². The van der Waals surface area contributed by atoms with Crippen LogP contribution in [0.5, 0.6) is 5.75 Å². The van der Waals surface area contributed by atoms with Crippen molar-refractivity contribution in [3.05, 3.63) is 92.8 Å². The summed E-state index contributed by atoms with van der Waals surface area (Å²) in [6, 6.07) is 17.7. The second kappa shape index (κ2) is 11.2. The Hall–Kier alpha value is -3.04. The molecule has 2 aromatic heterocycles. The van der Waals surface area contributed by atoms with Crippen LogP contribution in [0.1, 0.15) is 28.5 Å². The maximum absolute atomic E-state index is 11.7. The van der Waals surface area contributed by atoms with E-state index in [-0.39, 0.29) is 10.6 Å². The maximum Gasteiger partial charge on any atom is 0.305 e. The number of phenols is 1. The topological polar surface area (TPSA) is 110 Å². The van der Waals surface area contributed by atoms with E-state index in [1.807, 2.05) is 24.4 Å². The predicted octanol–water partition coefficient (Wildman–Crippen LogP) is 2.89. The number of H-pyrrole nitrogens is 1. The summed E-state index contributed by atoms with van der Waals surface area (Å²) in [6.07, 6.45) is 2.84. The van der Waals surface area contributed by atoms with Gasteiger partial charge in [0, 0.05) is 24.8 Å². The molecule has 0 saturated heterocycles. The van der Waals surface area contributed by atoms with Gasteiger partial charge >= 0.3 is 4.87 Å². The summed E-state index contributed by atoms with van der Waals surface area (Å²) in [5.74, 6) is 0.0130. The van der Waals surface area contributed by atoms with Gasteiger partial charge in [-0.2, -0.15) is 0 Å². The van der Waals surface area contributed by atoms with Crippen LogP contribution in [-0.4, -0.2) is 39.8 Å². The van der Waals surface area contributed by atoms with E-state index in [4.69, 9.17) is 0 Å². The summed E-state index contributed by atoms with van der Waals surface area (Å²) in [5, 5.41) is 27.2. The maximum atomic E-state index is 11.7. The molecular formula is C25H28N4O3S. The monoisotopic (exact) mass is 464 g/mol. The Labute approximate surface area is 196 Å². The van der Waals surface area contributed by atoms with Crippen LogP contribution in [0.2, 0.25) is 0 Å². The Bertz CT molecular complexity index is 1240. The average Bonchev–Trinajstić information content (AvgIpc) is 3.23. The van der Waals surface area contributed by atoms with Crippen molar-refractivity contribution in [1.29, 1.82) is 0 Å². The molecule has 8 heteroatoms. The minimum atomic E-state index is -0.768. The molecule has 1 unspecified atom stereocenters. The predicted molar refractivity (Wildman–Crippen MR) is 132 cm³/mol. The first-order valence-electron chi connectivity index (χ1n) is 11.0. The van der Waals surface area contributed by atoms with E-state index in [1.54, 1.807) is 6.07 Å². The van der Waals surface area contributed by atoms with Crippen LogP contribution in [0, 0.1) is 0 Å². The fourth-order valence-corrected chi connectivity index (χ4v) is 4.69. The Morgan fingerprint density at radius 3 is 2.55 bits per heavy atom. The van der Waals surface area contributed by atoms with Gasteiger partial charge in [-0.15, -0.1) is 0 Å². The van der Waals surface area contributed by atoms with Crippen LogP contribution in [0.25, 0.3) is 10.2 Å². The van der Waals surface area contributed by atoms with Crippen LogP contribution in [0.15, 0.2) is 65.6 Å². The smallest absolute Gasteiger partial charge is 0.305 e. The van der Waals surface area contributed by atoms with Crippen molar-refractivity contribution >= 4 is 21.6 Å². The number of aromatic hydroxyl groups is 1. The van der Waals surface area contributed by atoms with E-state index in [0.29, 0.717) is 22.3 Å². The van der Waals surface area contributed by atoms with Crippen molar-refractivity contribution in [1.82, 2.24) is 20.6 Å². The molecule has 33 heavy (non-hydrogen) atoms. The normalized spacial score (nSPS) is 12.3. The molecule has 4 aromatic rings. The molecule has 0 radical (unpaired) electrons. The van der Waals surface area contributed by atoms with Crippen molar-refractivity contribution < 1.29 is 10.2 Å². The molecule has 2 heterocycles. The number of nitrogens with one attached hydrogen (secondary N) is 3. The molecule has 0 saturated carbocycles. The molecule has 0 aliphatic rings. The number of pyridine rings is 1. The number of hydrogen-bond acceptors (Lipinski definition) is 7. The quantitative estimate of drug-likeness (QED) is 0.218. The number of aliphatic hydroxyl groups is 1. The number of aromatic nitrogens is 2. The van der Waals surface area contributed by atoms with Gasteiger partial charge in [0.1, 0.15) is 11.3 Å². The number of aromatic amines is 1. The molecule has 0 amide bonds. The first-order valence-corrected chi connectivity index (χ1v) is 11.8. The second-order valence-corrected chi connectivity index (χ2v) is 8.91. The van der Waals surface area contributed by atoms with Crippen LogP contribution in [0.3, 0.4) is 0 Å². The zero-order valence-electron chi connectivity index (χ0n) is 18.3. The van der Waals surface area contributed by atoms with E-state index in [2.05, 4.69) is 44.9 Å². The van der Waals surface area contributed by atoms with E-state index >= 15 is 0 Å². The number of rotatable bonds is 11. The lowest BCUT2D eigenvalue weighted by atomic mass is 10.1. The van der Waals surface area contributed by atoms with Crippen LogP contribution < -0.4 is 15.5 Å². The van der Waals surface area contributed by atoms with Gasteiger partial charge in [-0.05, 0) is 55.3 Å². The molecule has 0 bridgehead atoms. The summed E-state index contributed by atoms with van der Waals surface area (Å²) in [5.41, 5.74) is 4.59. The largest absolute Gasteiger partial charge is 0.506 e. The molecule has 0 aliphatic heterocycles. The highest BCUT2D eigenvalue weighted by Gasteiger charge is 2.15. The van der Waals surface area contributed by atoms with Crippen molar-refractivity contribution in [2.75, 3.05) is 19.6 Å². The van der Waals surface area contributed by atoms with Crippen LogP contribution >= 0.6 is 11.3 Å². The van der Waals surface area contributed by atoms with E-state index in [0.717, 1.165) is 49.5 Å². The Morgan fingerprint density at radius 1 is 1.00 bits per heavy atom. The van der Waals surface area contributed by atoms with Gasteiger partial charge in [0.15, 0.2) is 0 Å². The van der Waals surface area contributed by atoms with Crippen molar-refractivity contribution in [3.63, 3.8) is 0 Å². The van der Waals surface area contributed by atoms with Gasteiger partial charge in [-0.1, -0.05) is 47.7 Å². The van der Waals surface area contributed by atoms with Gasteiger partial charge < -0.3 is 25.8 Å². The molecule has 0 fully saturated rings. The Balaban J connectivity index is 1.22. The van der Waals surface area contributed by atoms with Gasteiger partial charge in [-0.3, -0.25) is 9.78 Å². The van der Waals surface area contributed by atoms with Crippen LogP contribution in [-0.2, 0) is 19.4 Å². The highest BCUT2D eigenvalue weighted by molar-refractivity contribution is 7.16. The molecule has 4 rings (SSSR count). The van der Waals surface area contributed by atoms with E-state index in [1.165, 1.54) is 17.2 Å². The van der Waals surface area contributed by atoms with E-state index in [9.17, 15) is 15.0 Å². The van der Waals surface area contributed by atoms with Crippen LogP contribution in [0.4, 0.5) is 0 Å². The van der Waals surface area contributed by atoms with Gasteiger partial charge in [0.25, 0.3) is 0 Å². The third-order valence-corrected chi connectivity index (χ3v) is 6.42. The molecule has 2 aromatic carbocycles. The molecule has 1 atom stereocenters. The number of nitrogens with zero attached hydrogens (tertiary/aromatic N) is 1. The highest BCUT2D eigenvalue weighted by atomic mass is 32.1. The lowest BCUT2D eigenvalue weighted by molar-refractivity contribution is 0.176. The zero-order valence-corrected chi connectivity index (χ0v) is 19.1. The van der Waals surface area contributed by atoms with Gasteiger partial charge in [0.2, 0.25) is 0 Å². The summed E-state index contributed by atoms with van der Waals surface area (Å²) in [6.45, 7) is 2.74. The summed E-state index contributed by atoms with van der Waals surface area (Å²) in [7, 11) is 0. The SMILES string of the molecule is O=c1[nH]c2c(O)ccc(C(O)CNCCc3cccc(CCNCc4ccccn4)c3)c2s1. The summed E-state index contributed by atoms with van der Waals surface area (Å²) in [4.78, 5) is 18.3. The number of thiazole rings is 1. The lowest BCUT2D eigenvalue weighted by Gasteiger charge is -2.13. The summed E-state index contributed by atoms with van der Waals surface area (Å²) < 4.78 is 0.596. The molecule has 0 aliphatic carbocycles. The number of aliphatic hydroxyl groups excluding tert-OH is 1. The van der Waals surface area contributed by atoms with Crippen molar-refractivity contribution in [3.8, 4) is 5.75 Å². The number of fused-ring (bicyclic) bond motifs is 1. The first-order chi connectivity index (χ1) is 16.1. The number of benzene rings is 2. The lowest BCUT2D eigenvalue weighted by Crippen LogP contribution is -2.24. The average molecular weight is 465 g/mol. The molecule has 7 nitrogen and oxygen atoms in total. The first kappa shape index (κ1) is 23.1. The molecule has 5 N–H and O–H groups in total. The fraction of sp³-hybridized carbons (Fsp3) is 0.280. The van der Waals surface area contributed by atoms with Crippen molar-refractivity contribution in [2.45, 2.75) is 25.5 Å². The fourth-order valence-electron chi connectivity index (χ4n) is 3.78. The Kier molecular flexibility index (Phi) is 7.85. The minimum absolute atomic E-state index is 0.0130. The number of phenolic OH excluding ortho intramolecular Hbond substituents is 1. The second-order valence-electron chi connectivity index (χ2n) is 7.93. The third-order valence-electron chi connectivity index (χ3n) is 5.49. The standard InChI is InChI=1S/C25H28N4O3S/c30-21-8-7-20(24-23(21)29-25(32)33-24)22(31)16-27-13-10-18-5-3-4-17(14-18)9-12-26-15-19-6-1-2-11-28-19/h1-8,11,14,22,26-27,30-31H,9-10,12-13,15-16H2,(H,29,32). The summed E-state index contributed by atoms with van der Waals surface area (Å²) >= 11 is 0.998. The number of hydrogen-bond donors (Lipinski definition) is 5. The molecular weight excluding hydrogens is 436 g/mol. The molecule has 172 valence electrons. The highest BCUT2D eigenvalue weighted by Crippen LogP contribution is 2.31. The minimum Gasteiger partial charge on any atom is -0.506 e.